The van der Waals surface area contributed by atoms with Crippen LogP contribution in [0.2, 0.25) is 0 Å². The highest BCUT2D eigenvalue weighted by atomic mass is 16.5. The number of nitrogens with one attached hydrogen (secondary N) is 2. The number of carbonyl (C=O) groups excluding carboxylic acids is 1. The molecule has 6 nitrogen and oxygen atoms in total. The van der Waals surface area contributed by atoms with Crippen molar-refractivity contribution >= 4 is 17.3 Å². The predicted octanol–water partition coefficient (Wildman–Crippen LogP) is 4.28. The van der Waals surface area contributed by atoms with Gasteiger partial charge in [-0.25, -0.2) is 0 Å². The van der Waals surface area contributed by atoms with Crippen molar-refractivity contribution in [2.75, 3.05) is 23.7 Å². The van der Waals surface area contributed by atoms with E-state index in [4.69, 9.17) is 4.74 Å². The molecule has 2 bridgehead atoms. The van der Waals surface area contributed by atoms with E-state index in [0.29, 0.717) is 17.7 Å². The first-order chi connectivity index (χ1) is 16.5. The van der Waals surface area contributed by atoms with Crippen molar-refractivity contribution in [3.8, 4) is 11.5 Å². The summed E-state index contributed by atoms with van der Waals surface area (Å²) in [7, 11) is 0. The molecule has 2 aliphatic heterocycles. The van der Waals surface area contributed by atoms with E-state index >= 15 is 0 Å². The van der Waals surface area contributed by atoms with Crippen LogP contribution < -0.4 is 15.4 Å². The van der Waals surface area contributed by atoms with Gasteiger partial charge in [0, 0.05) is 47.9 Å². The number of phenolic OH excluding ortho intramolecular Hbond substituents is 1. The monoisotopic (exact) mass is 459 g/mol. The summed E-state index contributed by atoms with van der Waals surface area (Å²) >= 11 is 0. The summed E-state index contributed by atoms with van der Waals surface area (Å²) in [6.07, 6.45) is 6.87. The predicted molar refractivity (Wildman–Crippen MR) is 131 cm³/mol. The molecule has 1 saturated heterocycles. The van der Waals surface area contributed by atoms with Gasteiger partial charge in [0.1, 0.15) is 6.10 Å². The Kier molecular flexibility index (Phi) is 4.48. The van der Waals surface area contributed by atoms with Gasteiger partial charge in [0.15, 0.2) is 11.5 Å². The van der Waals surface area contributed by atoms with Crippen LogP contribution in [0.1, 0.15) is 50.2 Å². The lowest BCUT2D eigenvalue weighted by molar-refractivity contribution is -0.114. The number of ether oxygens (including phenoxy) is 1. The molecule has 0 unspecified atom stereocenters. The Morgan fingerprint density at radius 2 is 2.03 bits per heavy atom. The van der Waals surface area contributed by atoms with Crippen molar-refractivity contribution in [1.82, 2.24) is 4.90 Å². The van der Waals surface area contributed by atoms with E-state index in [1.54, 1.807) is 13.0 Å². The molecule has 5 atom stereocenters. The number of aromatic hydroxyl groups is 1. The molecular formula is C28H33N3O3. The second kappa shape index (κ2) is 7.38. The molecule has 7 rings (SSSR count). The van der Waals surface area contributed by atoms with Crippen molar-refractivity contribution in [2.24, 2.45) is 11.8 Å². The van der Waals surface area contributed by atoms with Crippen LogP contribution in [-0.2, 0) is 16.6 Å². The van der Waals surface area contributed by atoms with Crippen LogP contribution in [0, 0.1) is 11.8 Å². The number of benzene rings is 2. The fraction of sp³-hybridized carbons (Fsp3) is 0.536. The molecule has 2 saturated carbocycles. The minimum absolute atomic E-state index is 0.0236. The summed E-state index contributed by atoms with van der Waals surface area (Å²) in [4.78, 5) is 14.8. The van der Waals surface area contributed by atoms with Gasteiger partial charge in [-0.3, -0.25) is 9.69 Å². The van der Waals surface area contributed by atoms with Crippen molar-refractivity contribution in [2.45, 2.75) is 69.1 Å². The second-order valence-electron chi connectivity index (χ2n) is 11.1. The smallest absolute Gasteiger partial charge is 0.221 e. The van der Waals surface area contributed by atoms with Gasteiger partial charge in [-0.1, -0.05) is 18.2 Å². The molecule has 178 valence electrons. The molecule has 2 heterocycles. The summed E-state index contributed by atoms with van der Waals surface area (Å²) in [5.41, 5.74) is 4.14. The summed E-state index contributed by atoms with van der Waals surface area (Å²) in [5.74, 6) is 2.09. The van der Waals surface area contributed by atoms with Crippen molar-refractivity contribution in [3.05, 3.63) is 47.5 Å². The molecule has 1 spiro atoms. The average Bonchev–Trinajstić information content (AvgIpc) is 3.57. The molecule has 3 N–H and O–H groups in total. The molecule has 34 heavy (non-hydrogen) atoms. The first-order valence-corrected chi connectivity index (χ1v) is 12.9. The SMILES string of the molecule is CC(=O)Nc1cc(O)c2c3c1C[C@@H]1[C@@H]4CC[C@H](Nc5ccccc5)[C@H](O2)[C@]34CCN1CC1CC1. The zero-order valence-electron chi connectivity index (χ0n) is 19.7. The van der Waals surface area contributed by atoms with Crippen LogP contribution in [0.3, 0.4) is 0 Å². The maximum Gasteiger partial charge on any atom is 0.221 e. The van der Waals surface area contributed by atoms with Crippen molar-refractivity contribution in [1.29, 1.82) is 0 Å². The number of para-hydroxylation sites is 1. The summed E-state index contributed by atoms with van der Waals surface area (Å²) in [6.45, 7) is 3.82. The number of phenols is 1. The number of hydrogen-bond acceptors (Lipinski definition) is 5. The Balaban J connectivity index is 1.35. The second-order valence-corrected chi connectivity index (χ2v) is 11.1. The summed E-state index contributed by atoms with van der Waals surface area (Å²) in [6, 6.07) is 12.8. The maximum atomic E-state index is 12.1. The standard InChI is InChI=1S/C28H33N3O3/c1-16(32)29-22-14-24(33)26-25-19(22)13-23-20-9-10-21(30-18-5-3-2-4-6-18)27(34-26)28(20,25)11-12-31(23)15-17-7-8-17/h2-6,14,17,20-21,23,27,30,33H,7-13,15H2,1H3,(H,29,32)/t20-,21-,23+,27-,28-/m0/s1. The molecule has 5 aliphatic rings. The lowest BCUT2D eigenvalue weighted by atomic mass is 9.51. The van der Waals surface area contributed by atoms with Crippen LogP contribution in [0.25, 0.3) is 0 Å². The molecular weight excluding hydrogens is 426 g/mol. The number of carbonyl (C=O) groups is 1. The van der Waals surface area contributed by atoms with Gasteiger partial charge in [0.25, 0.3) is 0 Å². The molecule has 6 heteroatoms. The Morgan fingerprint density at radius 3 is 2.79 bits per heavy atom. The number of piperidine rings is 1. The van der Waals surface area contributed by atoms with Crippen LogP contribution in [-0.4, -0.2) is 47.2 Å². The third-order valence-corrected chi connectivity index (χ3v) is 9.19. The first kappa shape index (κ1) is 20.6. The molecule has 3 fully saturated rings. The summed E-state index contributed by atoms with van der Waals surface area (Å²) < 4.78 is 6.74. The Hall–Kier alpha value is -2.73. The van der Waals surface area contributed by atoms with E-state index in [1.165, 1.54) is 30.5 Å². The third kappa shape index (κ3) is 2.94. The number of likely N-dealkylation sites (tertiary alicyclic amines) is 1. The number of nitrogens with zero attached hydrogens (tertiary/aromatic N) is 1. The van der Waals surface area contributed by atoms with Crippen molar-refractivity contribution < 1.29 is 14.6 Å². The van der Waals surface area contributed by atoms with Crippen LogP contribution in [0.15, 0.2) is 36.4 Å². The van der Waals surface area contributed by atoms with E-state index in [-0.39, 0.29) is 29.2 Å². The molecule has 3 aliphatic carbocycles. The molecule has 1 amide bonds. The van der Waals surface area contributed by atoms with Crippen LogP contribution in [0.4, 0.5) is 11.4 Å². The molecule has 2 aromatic carbocycles. The van der Waals surface area contributed by atoms with Crippen molar-refractivity contribution in [3.63, 3.8) is 0 Å². The largest absolute Gasteiger partial charge is 0.504 e. The van der Waals surface area contributed by atoms with E-state index in [2.05, 4.69) is 39.8 Å². The highest BCUT2D eigenvalue weighted by Gasteiger charge is 2.66. The minimum atomic E-state index is -0.121. The highest BCUT2D eigenvalue weighted by molar-refractivity contribution is 5.91. The van der Waals surface area contributed by atoms with Gasteiger partial charge in [-0.15, -0.1) is 0 Å². The zero-order valence-corrected chi connectivity index (χ0v) is 19.7. The average molecular weight is 460 g/mol. The van der Waals surface area contributed by atoms with E-state index in [9.17, 15) is 9.90 Å². The van der Waals surface area contributed by atoms with Gasteiger partial charge in [-0.05, 0) is 74.6 Å². The van der Waals surface area contributed by atoms with Gasteiger partial charge in [-0.2, -0.15) is 0 Å². The minimum Gasteiger partial charge on any atom is -0.504 e. The normalized spacial score (nSPS) is 33.1. The topological polar surface area (TPSA) is 73.8 Å². The zero-order chi connectivity index (χ0) is 23.0. The fourth-order valence-electron chi connectivity index (χ4n) is 7.77. The third-order valence-electron chi connectivity index (χ3n) is 9.19. The lowest BCUT2D eigenvalue weighted by Gasteiger charge is -2.60. The van der Waals surface area contributed by atoms with Gasteiger partial charge in [0.05, 0.1) is 6.04 Å². The van der Waals surface area contributed by atoms with Crippen LogP contribution in [0.5, 0.6) is 11.5 Å². The van der Waals surface area contributed by atoms with E-state index in [0.717, 1.165) is 49.5 Å². The van der Waals surface area contributed by atoms with E-state index in [1.807, 2.05) is 6.07 Å². The number of anilines is 2. The van der Waals surface area contributed by atoms with Gasteiger partial charge in [0.2, 0.25) is 5.91 Å². The number of amides is 1. The maximum absolute atomic E-state index is 12.1. The van der Waals surface area contributed by atoms with Gasteiger partial charge < -0.3 is 20.5 Å². The first-order valence-electron chi connectivity index (χ1n) is 12.9. The van der Waals surface area contributed by atoms with Crippen LogP contribution >= 0.6 is 0 Å². The Labute approximate surface area is 200 Å². The Morgan fingerprint density at radius 1 is 1.21 bits per heavy atom. The fourth-order valence-corrected chi connectivity index (χ4v) is 7.77. The Bertz CT molecular complexity index is 1150. The molecule has 0 radical (unpaired) electrons. The summed E-state index contributed by atoms with van der Waals surface area (Å²) in [5, 5.41) is 17.9. The number of rotatable bonds is 5. The number of hydrogen-bond donors (Lipinski definition) is 3. The molecule has 2 aromatic rings. The highest BCUT2D eigenvalue weighted by Crippen LogP contribution is 2.65. The quantitative estimate of drug-likeness (QED) is 0.622. The van der Waals surface area contributed by atoms with Gasteiger partial charge >= 0.3 is 0 Å². The molecule has 0 aromatic heterocycles. The van der Waals surface area contributed by atoms with E-state index < -0.39 is 0 Å². The lowest BCUT2D eigenvalue weighted by Crippen LogP contribution is -2.68.